The van der Waals surface area contributed by atoms with Crippen LogP contribution in [0.1, 0.15) is 23.2 Å². The van der Waals surface area contributed by atoms with Gasteiger partial charge in [0.25, 0.3) is 0 Å². The molecule has 0 radical (unpaired) electrons. The maximum atomic E-state index is 12.1. The second kappa shape index (κ2) is 3.58. The van der Waals surface area contributed by atoms with Gasteiger partial charge in [0.15, 0.2) is 5.78 Å². The van der Waals surface area contributed by atoms with Crippen molar-refractivity contribution in [1.82, 2.24) is 0 Å². The first kappa shape index (κ1) is 10.8. The van der Waals surface area contributed by atoms with E-state index in [2.05, 4.69) is 5.32 Å². The van der Waals surface area contributed by atoms with E-state index in [0.29, 0.717) is 11.3 Å². The number of anilines is 1. The number of hydrogen-bond acceptors (Lipinski definition) is 4. The molecule has 0 atom stereocenters. The van der Waals surface area contributed by atoms with E-state index in [0.717, 1.165) is 23.4 Å². The average molecular weight is 248 g/mol. The number of rotatable bonds is 2. The van der Waals surface area contributed by atoms with E-state index in [-0.39, 0.29) is 11.7 Å². The summed E-state index contributed by atoms with van der Waals surface area (Å²) in [6, 6.07) is 5.39. The van der Waals surface area contributed by atoms with Crippen molar-refractivity contribution in [1.29, 1.82) is 0 Å². The average Bonchev–Trinajstić information content (AvgIpc) is 3.06. The SMILES string of the molecule is NC1(C(=O)c2ccc3c(c2)NC(=O)CS3)CC1. The molecule has 3 rings (SSSR count). The molecule has 1 saturated carbocycles. The molecule has 2 aliphatic rings. The minimum absolute atomic E-state index is 0.0230. The van der Waals surface area contributed by atoms with E-state index in [4.69, 9.17) is 5.73 Å². The van der Waals surface area contributed by atoms with Gasteiger partial charge in [0.1, 0.15) is 0 Å². The van der Waals surface area contributed by atoms with Gasteiger partial charge in [0.2, 0.25) is 5.91 Å². The van der Waals surface area contributed by atoms with Crippen molar-refractivity contribution in [3.8, 4) is 0 Å². The van der Waals surface area contributed by atoms with Crippen LogP contribution in [0.2, 0.25) is 0 Å². The van der Waals surface area contributed by atoms with Crippen LogP contribution in [0.3, 0.4) is 0 Å². The van der Waals surface area contributed by atoms with Crippen molar-refractivity contribution >= 4 is 29.1 Å². The van der Waals surface area contributed by atoms with Crippen LogP contribution in [0, 0.1) is 0 Å². The Kier molecular flexibility index (Phi) is 2.27. The lowest BCUT2D eigenvalue weighted by atomic mass is 10.0. The van der Waals surface area contributed by atoms with Crippen LogP contribution in [0.4, 0.5) is 5.69 Å². The van der Waals surface area contributed by atoms with Gasteiger partial charge in [-0.25, -0.2) is 0 Å². The summed E-state index contributed by atoms with van der Waals surface area (Å²) < 4.78 is 0. The lowest BCUT2D eigenvalue weighted by molar-refractivity contribution is -0.113. The molecule has 88 valence electrons. The Morgan fingerprint density at radius 3 is 2.88 bits per heavy atom. The Balaban J connectivity index is 1.95. The molecule has 1 aliphatic heterocycles. The van der Waals surface area contributed by atoms with Gasteiger partial charge in [-0.1, -0.05) is 6.07 Å². The van der Waals surface area contributed by atoms with Crippen molar-refractivity contribution in [2.24, 2.45) is 5.73 Å². The van der Waals surface area contributed by atoms with Gasteiger partial charge in [-0.3, -0.25) is 9.59 Å². The molecule has 4 nitrogen and oxygen atoms in total. The summed E-state index contributed by atoms with van der Waals surface area (Å²) >= 11 is 1.49. The molecular weight excluding hydrogens is 236 g/mol. The van der Waals surface area contributed by atoms with Gasteiger partial charge in [-0.05, 0) is 25.0 Å². The first-order valence-electron chi connectivity index (χ1n) is 5.49. The molecule has 0 spiro atoms. The summed E-state index contributed by atoms with van der Waals surface area (Å²) in [5, 5.41) is 2.77. The van der Waals surface area contributed by atoms with Gasteiger partial charge in [0.05, 0.1) is 17.0 Å². The zero-order valence-electron chi connectivity index (χ0n) is 9.16. The normalized spacial score (nSPS) is 20.4. The highest BCUT2D eigenvalue weighted by Gasteiger charge is 2.46. The Bertz CT molecular complexity index is 523. The Hall–Kier alpha value is -1.33. The van der Waals surface area contributed by atoms with Gasteiger partial charge in [-0.15, -0.1) is 11.8 Å². The molecule has 3 N–H and O–H groups in total. The fourth-order valence-electron chi connectivity index (χ4n) is 1.87. The molecular formula is C12H12N2O2S. The lowest BCUT2D eigenvalue weighted by Gasteiger charge is -2.17. The van der Waals surface area contributed by atoms with Crippen LogP contribution in [0.25, 0.3) is 0 Å². The van der Waals surface area contributed by atoms with E-state index in [1.165, 1.54) is 11.8 Å². The minimum atomic E-state index is -0.653. The monoisotopic (exact) mass is 248 g/mol. The standard InChI is InChI=1S/C12H12N2O2S/c13-12(3-4-12)11(16)7-1-2-9-8(5-7)14-10(15)6-17-9/h1-2,5H,3-4,6,13H2,(H,14,15). The number of carbonyl (C=O) groups is 2. The smallest absolute Gasteiger partial charge is 0.234 e. The molecule has 1 aromatic carbocycles. The predicted molar refractivity (Wildman–Crippen MR) is 66.3 cm³/mol. The number of fused-ring (bicyclic) bond motifs is 1. The molecule has 0 bridgehead atoms. The van der Waals surface area contributed by atoms with Crippen molar-refractivity contribution in [2.45, 2.75) is 23.3 Å². The Labute approximate surface area is 103 Å². The van der Waals surface area contributed by atoms with Crippen molar-refractivity contribution in [2.75, 3.05) is 11.1 Å². The van der Waals surface area contributed by atoms with Gasteiger partial charge in [0, 0.05) is 10.5 Å². The summed E-state index contributed by atoms with van der Waals surface area (Å²) in [6.07, 6.45) is 1.51. The molecule has 1 aromatic rings. The molecule has 0 unspecified atom stereocenters. The maximum absolute atomic E-state index is 12.1. The maximum Gasteiger partial charge on any atom is 0.234 e. The number of carbonyl (C=O) groups excluding carboxylic acids is 2. The lowest BCUT2D eigenvalue weighted by Crippen LogP contribution is -2.32. The van der Waals surface area contributed by atoms with Gasteiger partial charge < -0.3 is 11.1 Å². The molecule has 1 fully saturated rings. The zero-order chi connectivity index (χ0) is 12.0. The second-order valence-electron chi connectivity index (χ2n) is 4.53. The van der Waals surface area contributed by atoms with Crippen molar-refractivity contribution in [3.63, 3.8) is 0 Å². The number of hydrogen-bond donors (Lipinski definition) is 2. The third kappa shape index (κ3) is 1.85. The van der Waals surface area contributed by atoms with E-state index in [1.54, 1.807) is 12.1 Å². The molecule has 1 aliphatic carbocycles. The highest BCUT2D eigenvalue weighted by Crippen LogP contribution is 2.38. The van der Waals surface area contributed by atoms with Crippen LogP contribution >= 0.6 is 11.8 Å². The number of benzene rings is 1. The summed E-state index contributed by atoms with van der Waals surface area (Å²) in [5.74, 6) is 0.382. The quantitative estimate of drug-likeness (QED) is 0.776. The summed E-state index contributed by atoms with van der Waals surface area (Å²) in [5.41, 5.74) is 6.54. The Morgan fingerprint density at radius 1 is 1.41 bits per heavy atom. The molecule has 0 saturated heterocycles. The van der Waals surface area contributed by atoms with E-state index in [1.807, 2.05) is 6.07 Å². The number of nitrogens with two attached hydrogens (primary N) is 1. The highest BCUT2D eigenvalue weighted by molar-refractivity contribution is 8.00. The Morgan fingerprint density at radius 2 is 2.18 bits per heavy atom. The molecule has 17 heavy (non-hydrogen) atoms. The fourth-order valence-corrected chi connectivity index (χ4v) is 2.66. The van der Waals surface area contributed by atoms with Gasteiger partial charge in [-0.2, -0.15) is 0 Å². The van der Waals surface area contributed by atoms with Crippen molar-refractivity contribution < 1.29 is 9.59 Å². The number of Topliss-reactive ketones (excluding diaryl/α,β-unsaturated/α-hetero) is 1. The van der Waals surface area contributed by atoms with E-state index >= 15 is 0 Å². The van der Waals surface area contributed by atoms with Crippen LogP contribution in [-0.4, -0.2) is 23.0 Å². The van der Waals surface area contributed by atoms with Crippen LogP contribution < -0.4 is 11.1 Å². The topological polar surface area (TPSA) is 72.2 Å². The fraction of sp³-hybridized carbons (Fsp3) is 0.333. The number of nitrogens with one attached hydrogen (secondary N) is 1. The number of thioether (sulfide) groups is 1. The van der Waals surface area contributed by atoms with Crippen LogP contribution in [0.5, 0.6) is 0 Å². The third-order valence-corrected chi connectivity index (χ3v) is 4.19. The summed E-state index contributed by atoms with van der Waals surface area (Å²) in [6.45, 7) is 0. The minimum Gasteiger partial charge on any atom is -0.324 e. The highest BCUT2D eigenvalue weighted by atomic mass is 32.2. The molecule has 1 heterocycles. The zero-order valence-corrected chi connectivity index (χ0v) is 9.97. The first-order valence-corrected chi connectivity index (χ1v) is 6.47. The first-order chi connectivity index (χ1) is 8.08. The number of amides is 1. The van der Waals surface area contributed by atoms with E-state index < -0.39 is 5.54 Å². The van der Waals surface area contributed by atoms with Crippen LogP contribution in [-0.2, 0) is 4.79 Å². The van der Waals surface area contributed by atoms with Crippen molar-refractivity contribution in [3.05, 3.63) is 23.8 Å². The van der Waals surface area contributed by atoms with Gasteiger partial charge >= 0.3 is 0 Å². The number of ketones is 1. The predicted octanol–water partition coefficient (Wildman–Crippen LogP) is 1.40. The molecule has 1 amide bonds. The largest absolute Gasteiger partial charge is 0.324 e. The summed E-state index contributed by atoms with van der Waals surface area (Å²) in [7, 11) is 0. The summed E-state index contributed by atoms with van der Waals surface area (Å²) in [4.78, 5) is 24.3. The third-order valence-electron chi connectivity index (χ3n) is 3.12. The van der Waals surface area contributed by atoms with Crippen LogP contribution in [0.15, 0.2) is 23.1 Å². The van der Waals surface area contributed by atoms with E-state index in [9.17, 15) is 9.59 Å². The molecule has 0 aromatic heterocycles. The molecule has 5 heteroatoms. The second-order valence-corrected chi connectivity index (χ2v) is 5.55.